The molecule has 1 aromatic carbocycles. The van der Waals surface area contributed by atoms with Crippen LogP contribution in [-0.4, -0.2) is 39.1 Å². The van der Waals surface area contributed by atoms with E-state index in [1.807, 2.05) is 18.0 Å². The van der Waals surface area contributed by atoms with Crippen molar-refractivity contribution in [3.63, 3.8) is 0 Å². The molecule has 29 heavy (non-hydrogen) atoms. The molecule has 1 aliphatic heterocycles. The number of amides is 1. The van der Waals surface area contributed by atoms with Crippen molar-refractivity contribution in [2.24, 2.45) is 5.92 Å². The summed E-state index contributed by atoms with van der Waals surface area (Å²) in [5, 5.41) is 20.8. The Morgan fingerprint density at radius 1 is 1.17 bits per heavy atom. The Balaban J connectivity index is 1.72. The van der Waals surface area contributed by atoms with Crippen LogP contribution in [0.15, 0.2) is 28.9 Å². The number of aromatic nitrogens is 1. The van der Waals surface area contributed by atoms with E-state index in [9.17, 15) is 15.0 Å². The standard InChI is InChI=1S/C23H27BrN2O3/c1-2-3-20(29)26-8-6-14(7-9-26)22-21-15(11-18(27)12-19(21)28)4-5-16-10-17(24)13-25-23(16)22/h10-14,22,27-28H,2-9H2,1H3. The number of likely N-dealkylation sites (tertiary alicyclic amines) is 1. The number of aromatic hydroxyl groups is 2. The van der Waals surface area contributed by atoms with Crippen LogP contribution < -0.4 is 0 Å². The fourth-order valence-electron chi connectivity index (χ4n) is 4.94. The molecule has 154 valence electrons. The topological polar surface area (TPSA) is 73.7 Å². The van der Waals surface area contributed by atoms with Gasteiger partial charge in [-0.1, -0.05) is 6.92 Å². The van der Waals surface area contributed by atoms with Gasteiger partial charge in [-0.05, 0) is 77.2 Å². The van der Waals surface area contributed by atoms with E-state index < -0.39 is 0 Å². The number of piperidine rings is 1. The van der Waals surface area contributed by atoms with Crippen LogP contribution in [0.5, 0.6) is 11.5 Å². The van der Waals surface area contributed by atoms with Gasteiger partial charge in [-0.2, -0.15) is 0 Å². The number of pyridine rings is 1. The van der Waals surface area contributed by atoms with Gasteiger partial charge in [0.25, 0.3) is 0 Å². The van der Waals surface area contributed by atoms with Crippen LogP contribution >= 0.6 is 15.9 Å². The lowest BCUT2D eigenvalue weighted by Crippen LogP contribution is -2.40. The van der Waals surface area contributed by atoms with Gasteiger partial charge in [-0.25, -0.2) is 0 Å². The monoisotopic (exact) mass is 458 g/mol. The number of benzene rings is 1. The van der Waals surface area contributed by atoms with Crippen molar-refractivity contribution in [1.29, 1.82) is 0 Å². The third kappa shape index (κ3) is 4.00. The molecule has 1 aliphatic carbocycles. The van der Waals surface area contributed by atoms with Crippen LogP contribution in [0, 0.1) is 5.92 Å². The molecule has 2 aromatic rings. The Morgan fingerprint density at radius 3 is 2.62 bits per heavy atom. The number of carbonyl (C=O) groups excluding carboxylic acids is 1. The van der Waals surface area contributed by atoms with Crippen LogP contribution in [0.2, 0.25) is 0 Å². The van der Waals surface area contributed by atoms with Crippen molar-refractivity contribution in [3.8, 4) is 11.5 Å². The highest BCUT2D eigenvalue weighted by atomic mass is 79.9. The maximum atomic E-state index is 12.3. The van der Waals surface area contributed by atoms with E-state index in [2.05, 4.69) is 22.0 Å². The first-order valence-electron chi connectivity index (χ1n) is 10.4. The molecule has 0 radical (unpaired) electrons. The lowest BCUT2D eigenvalue weighted by Gasteiger charge is -2.37. The van der Waals surface area contributed by atoms with E-state index in [1.165, 1.54) is 11.6 Å². The zero-order valence-corrected chi connectivity index (χ0v) is 18.3. The lowest BCUT2D eigenvalue weighted by atomic mass is 9.76. The van der Waals surface area contributed by atoms with Gasteiger partial charge in [0.15, 0.2) is 0 Å². The van der Waals surface area contributed by atoms with Gasteiger partial charge < -0.3 is 15.1 Å². The molecule has 1 saturated heterocycles. The van der Waals surface area contributed by atoms with E-state index in [1.54, 1.807) is 6.07 Å². The van der Waals surface area contributed by atoms with Crippen LogP contribution in [0.1, 0.15) is 60.9 Å². The lowest BCUT2D eigenvalue weighted by molar-refractivity contribution is -0.132. The van der Waals surface area contributed by atoms with E-state index in [0.29, 0.717) is 12.3 Å². The van der Waals surface area contributed by atoms with Crippen LogP contribution in [0.25, 0.3) is 0 Å². The second-order valence-corrected chi connectivity index (χ2v) is 9.10. The molecule has 4 rings (SSSR count). The fraction of sp³-hybridized carbons (Fsp3) is 0.478. The summed E-state index contributed by atoms with van der Waals surface area (Å²) in [7, 11) is 0. The molecule has 5 nitrogen and oxygen atoms in total. The smallest absolute Gasteiger partial charge is 0.222 e. The normalized spacial score (nSPS) is 19.4. The number of halogens is 1. The highest BCUT2D eigenvalue weighted by Crippen LogP contribution is 2.47. The van der Waals surface area contributed by atoms with Gasteiger partial charge in [0.05, 0.1) is 5.69 Å². The number of aryl methyl sites for hydroxylation is 2. The summed E-state index contributed by atoms with van der Waals surface area (Å²) < 4.78 is 0.952. The maximum Gasteiger partial charge on any atom is 0.222 e. The number of hydrogen-bond acceptors (Lipinski definition) is 4. The summed E-state index contributed by atoms with van der Waals surface area (Å²) in [6.45, 7) is 3.53. The first-order chi connectivity index (χ1) is 14.0. The maximum absolute atomic E-state index is 12.3. The quantitative estimate of drug-likeness (QED) is 0.708. The molecule has 6 heteroatoms. The van der Waals surface area contributed by atoms with Crippen molar-refractivity contribution in [2.45, 2.75) is 51.4 Å². The minimum atomic E-state index is -0.0281. The number of carbonyl (C=O) groups is 1. The van der Waals surface area contributed by atoms with E-state index in [-0.39, 0.29) is 23.3 Å². The molecular formula is C23H27BrN2O3. The number of rotatable bonds is 3. The highest BCUT2D eigenvalue weighted by molar-refractivity contribution is 9.10. The first-order valence-corrected chi connectivity index (χ1v) is 11.2. The average Bonchev–Trinajstić information content (AvgIpc) is 2.85. The Kier molecular flexibility index (Phi) is 5.81. The first kappa shape index (κ1) is 20.2. The molecule has 1 amide bonds. The van der Waals surface area contributed by atoms with Crippen molar-refractivity contribution < 1.29 is 15.0 Å². The molecule has 2 aliphatic rings. The molecule has 1 fully saturated rings. The summed E-state index contributed by atoms with van der Waals surface area (Å²) >= 11 is 3.54. The SMILES string of the molecule is CCCC(=O)N1CCC(C2c3ncc(Br)cc3CCc3cc(O)cc(O)c32)CC1. The number of fused-ring (bicyclic) bond motifs is 2. The molecule has 0 spiro atoms. The summed E-state index contributed by atoms with van der Waals surface area (Å²) in [6, 6.07) is 5.34. The van der Waals surface area contributed by atoms with Crippen molar-refractivity contribution in [3.05, 3.63) is 51.3 Å². The number of phenolic OH excluding ortho intramolecular Hbond substituents is 2. The van der Waals surface area contributed by atoms with E-state index in [0.717, 1.165) is 66.5 Å². The van der Waals surface area contributed by atoms with Crippen molar-refractivity contribution >= 4 is 21.8 Å². The Labute approximate surface area is 179 Å². The van der Waals surface area contributed by atoms with Gasteiger partial charge in [-0.3, -0.25) is 9.78 Å². The summed E-state index contributed by atoms with van der Waals surface area (Å²) in [5.41, 5.74) is 4.09. The Morgan fingerprint density at radius 2 is 1.90 bits per heavy atom. The predicted octanol–water partition coefficient (Wildman–Crippen LogP) is 4.52. The summed E-state index contributed by atoms with van der Waals surface area (Å²) in [6.07, 6.45) is 6.66. The van der Waals surface area contributed by atoms with Gasteiger partial charge >= 0.3 is 0 Å². The second kappa shape index (κ2) is 8.34. The number of nitrogens with zero attached hydrogens (tertiary/aromatic N) is 2. The summed E-state index contributed by atoms with van der Waals surface area (Å²) in [5.74, 6) is 0.745. The van der Waals surface area contributed by atoms with E-state index in [4.69, 9.17) is 4.98 Å². The van der Waals surface area contributed by atoms with Gasteiger partial charge in [0.2, 0.25) is 5.91 Å². The zero-order valence-electron chi connectivity index (χ0n) is 16.7. The zero-order chi connectivity index (χ0) is 20.5. The molecule has 1 atom stereocenters. The molecule has 2 N–H and O–H groups in total. The molecule has 0 saturated carbocycles. The van der Waals surface area contributed by atoms with Crippen LogP contribution in [0.3, 0.4) is 0 Å². The summed E-state index contributed by atoms with van der Waals surface area (Å²) in [4.78, 5) is 19.1. The predicted molar refractivity (Wildman–Crippen MR) is 115 cm³/mol. The Hall–Kier alpha value is -2.08. The Bertz CT molecular complexity index is 923. The largest absolute Gasteiger partial charge is 0.508 e. The van der Waals surface area contributed by atoms with Gasteiger partial charge in [0, 0.05) is 47.7 Å². The van der Waals surface area contributed by atoms with Crippen LogP contribution in [-0.2, 0) is 17.6 Å². The van der Waals surface area contributed by atoms with Gasteiger partial charge in [0.1, 0.15) is 11.5 Å². The average molecular weight is 459 g/mol. The number of phenols is 2. The second-order valence-electron chi connectivity index (χ2n) is 8.18. The molecular weight excluding hydrogens is 432 g/mol. The highest BCUT2D eigenvalue weighted by Gasteiger charge is 2.36. The molecule has 0 bridgehead atoms. The van der Waals surface area contributed by atoms with Crippen LogP contribution in [0.4, 0.5) is 0 Å². The third-order valence-corrected chi connectivity index (χ3v) is 6.73. The van der Waals surface area contributed by atoms with Crippen molar-refractivity contribution in [2.75, 3.05) is 13.1 Å². The minimum Gasteiger partial charge on any atom is -0.508 e. The molecule has 2 heterocycles. The molecule has 1 aromatic heterocycles. The van der Waals surface area contributed by atoms with E-state index >= 15 is 0 Å². The minimum absolute atomic E-state index is 0.0281. The third-order valence-electron chi connectivity index (χ3n) is 6.29. The number of hydrogen-bond donors (Lipinski definition) is 2. The van der Waals surface area contributed by atoms with Gasteiger partial charge in [-0.15, -0.1) is 0 Å². The van der Waals surface area contributed by atoms with Crippen molar-refractivity contribution in [1.82, 2.24) is 9.88 Å². The fourth-order valence-corrected chi connectivity index (χ4v) is 5.32. The molecule has 1 unspecified atom stereocenters.